The lowest BCUT2D eigenvalue weighted by Gasteiger charge is -2.22. The highest BCUT2D eigenvalue weighted by Gasteiger charge is 2.26. The number of aromatic hydroxyl groups is 1. The third-order valence-corrected chi connectivity index (χ3v) is 16.0. The highest BCUT2D eigenvalue weighted by atomic mass is 16.3. The van der Waals surface area contributed by atoms with E-state index in [2.05, 4.69) is 156 Å². The van der Waals surface area contributed by atoms with Gasteiger partial charge in [0.1, 0.15) is 11.6 Å². The predicted octanol–water partition coefficient (Wildman–Crippen LogP) is 19.2. The monoisotopic (exact) mass is 985 g/mol. The van der Waals surface area contributed by atoms with Crippen molar-refractivity contribution in [2.45, 2.75) is 70.1 Å². The van der Waals surface area contributed by atoms with Crippen LogP contribution in [0.1, 0.15) is 77.6 Å². The van der Waals surface area contributed by atoms with Crippen LogP contribution in [0.5, 0.6) is 5.75 Å². The van der Waals surface area contributed by atoms with Crippen LogP contribution in [0.4, 0.5) is 0 Å². The molecule has 2 saturated carbocycles. The van der Waals surface area contributed by atoms with Gasteiger partial charge in [-0.3, -0.25) is 9.55 Å². The van der Waals surface area contributed by atoms with Gasteiger partial charge in [-0.05, 0) is 153 Å². The van der Waals surface area contributed by atoms with Gasteiger partial charge in [-0.25, -0.2) is 4.98 Å². The Morgan fingerprint density at radius 2 is 1.01 bits per heavy atom. The summed E-state index contributed by atoms with van der Waals surface area (Å²) in [6, 6.07) is 78.2. The molecule has 0 spiro atoms. The first-order chi connectivity index (χ1) is 38.3. The van der Waals surface area contributed by atoms with E-state index in [9.17, 15) is 7.85 Å². The number of pyridine rings is 1. The van der Waals surface area contributed by atoms with E-state index in [0.717, 1.165) is 109 Å². The van der Waals surface area contributed by atoms with E-state index < -0.39 is 6.37 Å². The van der Waals surface area contributed by atoms with E-state index in [4.69, 9.17) is 9.97 Å². The number of phenolic OH excluding ortho intramolecular Hbond substituents is 1. The normalized spacial score (nSPS) is 14.7. The average Bonchev–Trinajstić information content (AvgIpc) is 4.36. The molecule has 11 aromatic rings. The van der Waals surface area contributed by atoms with Gasteiger partial charge in [-0.2, -0.15) is 0 Å². The zero-order valence-corrected chi connectivity index (χ0v) is 42.7. The molecule has 2 heterocycles. The molecule has 4 nitrogen and oxygen atoms in total. The number of nitrogens with zero attached hydrogens (tertiary/aromatic N) is 3. The van der Waals surface area contributed by atoms with Crippen molar-refractivity contribution in [2.75, 3.05) is 0 Å². The number of hydrogen-bond acceptors (Lipinski definition) is 3. The van der Waals surface area contributed by atoms with Crippen molar-refractivity contribution in [3.05, 3.63) is 242 Å². The molecule has 2 aliphatic rings. The molecule has 0 amide bonds. The molecule has 0 atom stereocenters. The smallest absolute Gasteiger partial charge is 0.149 e. The van der Waals surface area contributed by atoms with E-state index >= 15 is 0 Å². The highest BCUT2D eigenvalue weighted by molar-refractivity contribution is 5.99. The van der Waals surface area contributed by atoms with Crippen LogP contribution in [-0.4, -0.2) is 19.6 Å². The number of benzene rings is 9. The first-order valence-electron chi connectivity index (χ1n) is 28.3. The summed E-state index contributed by atoms with van der Waals surface area (Å²) in [5.74, 6) is 1.28. The van der Waals surface area contributed by atoms with E-state index in [0.29, 0.717) is 28.4 Å². The predicted molar refractivity (Wildman–Crippen MR) is 316 cm³/mol. The van der Waals surface area contributed by atoms with Crippen molar-refractivity contribution in [1.29, 1.82) is 0 Å². The first-order valence-corrected chi connectivity index (χ1v) is 27.3. The molecule has 2 aliphatic carbocycles. The Bertz CT molecular complexity index is 3920. The average molecular weight is 986 g/mol. The van der Waals surface area contributed by atoms with Gasteiger partial charge in [0.2, 0.25) is 0 Å². The van der Waals surface area contributed by atoms with Gasteiger partial charge < -0.3 is 5.11 Å². The SMILES string of the molecule is [2H]C([2H])(c1ccc(-n2c(-c3cc(-c4ccccc4)cc(-c4ccccc4)c3O)nc3c(-c4cc(-c5ccccc5)cc(-c5cc(-c6ccc(C7CCCCC7)cc6)ccn5)c4)cccc32)c(-c2ccccc2)c1)C1CCCC1. The molecular formula is C72H61N3O. The largest absolute Gasteiger partial charge is 0.507 e. The fraction of sp³-hybridized carbons (Fsp3) is 0.167. The van der Waals surface area contributed by atoms with E-state index in [1.54, 1.807) is 0 Å². The Labute approximate surface area is 449 Å². The molecule has 2 fully saturated rings. The summed E-state index contributed by atoms with van der Waals surface area (Å²) in [7, 11) is 0. The van der Waals surface area contributed by atoms with Gasteiger partial charge in [0, 0.05) is 31.2 Å². The summed E-state index contributed by atoms with van der Waals surface area (Å²) in [6.07, 6.45) is 10.8. The zero-order chi connectivity index (χ0) is 52.6. The molecule has 0 saturated heterocycles. The van der Waals surface area contributed by atoms with Crippen molar-refractivity contribution in [3.63, 3.8) is 0 Å². The van der Waals surface area contributed by atoms with Crippen LogP contribution in [0.2, 0.25) is 0 Å². The molecule has 0 aliphatic heterocycles. The summed E-state index contributed by atoms with van der Waals surface area (Å²) in [5.41, 5.74) is 18.7. The van der Waals surface area contributed by atoms with Crippen molar-refractivity contribution >= 4 is 11.0 Å². The van der Waals surface area contributed by atoms with Crippen LogP contribution in [-0.2, 0) is 6.37 Å². The maximum Gasteiger partial charge on any atom is 0.149 e. The summed E-state index contributed by atoms with van der Waals surface area (Å²) in [6.45, 7) is 0. The molecule has 13 rings (SSSR count). The number of aromatic nitrogens is 3. The fourth-order valence-corrected chi connectivity index (χ4v) is 12.1. The number of hydrogen-bond donors (Lipinski definition) is 1. The molecule has 0 unspecified atom stereocenters. The summed E-state index contributed by atoms with van der Waals surface area (Å²) < 4.78 is 21.4. The van der Waals surface area contributed by atoms with Crippen molar-refractivity contribution in [1.82, 2.24) is 14.5 Å². The number of para-hydroxylation sites is 1. The van der Waals surface area contributed by atoms with Gasteiger partial charge in [-0.1, -0.05) is 209 Å². The molecular weight excluding hydrogens is 923 g/mol. The van der Waals surface area contributed by atoms with Crippen molar-refractivity contribution in [3.8, 4) is 101 Å². The van der Waals surface area contributed by atoms with Crippen molar-refractivity contribution in [2.24, 2.45) is 5.92 Å². The Morgan fingerprint density at radius 1 is 0.434 bits per heavy atom. The number of imidazole rings is 1. The second-order valence-corrected chi connectivity index (χ2v) is 20.9. The van der Waals surface area contributed by atoms with Gasteiger partial charge in [0.25, 0.3) is 0 Å². The second kappa shape index (κ2) is 21.0. The quantitative estimate of drug-likeness (QED) is 0.133. The van der Waals surface area contributed by atoms with E-state index in [-0.39, 0.29) is 11.7 Å². The highest BCUT2D eigenvalue weighted by Crippen LogP contribution is 2.46. The fourth-order valence-electron chi connectivity index (χ4n) is 12.1. The minimum atomic E-state index is -1.52. The molecule has 370 valence electrons. The number of phenols is 1. The van der Waals surface area contributed by atoms with E-state index in [1.807, 2.05) is 79.0 Å². The zero-order valence-electron chi connectivity index (χ0n) is 44.7. The minimum absolute atomic E-state index is 0.0556. The molecule has 4 heteroatoms. The third-order valence-electron chi connectivity index (χ3n) is 16.0. The van der Waals surface area contributed by atoms with Crippen LogP contribution in [0.15, 0.2) is 231 Å². The van der Waals surface area contributed by atoms with Crippen LogP contribution in [0.3, 0.4) is 0 Å². The van der Waals surface area contributed by atoms with Crippen LogP contribution in [0.25, 0.3) is 106 Å². The molecule has 1 N–H and O–H groups in total. The summed E-state index contributed by atoms with van der Waals surface area (Å²) >= 11 is 0. The van der Waals surface area contributed by atoms with Crippen LogP contribution in [0, 0.1) is 5.92 Å². The Balaban J connectivity index is 1.04. The molecule has 2 aromatic heterocycles. The lowest BCUT2D eigenvalue weighted by molar-refractivity contribution is 0.443. The lowest BCUT2D eigenvalue weighted by atomic mass is 9.84. The Kier molecular flexibility index (Phi) is 12.4. The molecule has 0 bridgehead atoms. The van der Waals surface area contributed by atoms with Gasteiger partial charge in [0.15, 0.2) is 0 Å². The minimum Gasteiger partial charge on any atom is -0.507 e. The second-order valence-electron chi connectivity index (χ2n) is 20.9. The standard InChI is InChI=1S/C72H61N3O/c76-71-65(57-29-14-5-15-30-57)46-60(53-25-10-3-11-26-53)47-66(71)72-74-70-63(31-18-32-69(70)75(72)68-38-33-50(41-49-19-16-17-20-49)42-64(68)56-27-12-4-13-28-56)61-43-59(52-23-8-2-9-24-52)44-62(45-61)67-48-58(39-40-73-67)55-36-34-54(35-37-55)51-21-6-1-7-22-51/h2-5,8-15,18,23-40,42-49,51,76H,1,6-7,16-17,19-22,41H2/i41D2. The maximum atomic E-state index is 12.9. The topological polar surface area (TPSA) is 50.9 Å². The van der Waals surface area contributed by atoms with Gasteiger partial charge in [-0.15, -0.1) is 0 Å². The van der Waals surface area contributed by atoms with Crippen molar-refractivity contribution < 1.29 is 7.85 Å². The lowest BCUT2D eigenvalue weighted by Crippen LogP contribution is -2.04. The maximum absolute atomic E-state index is 12.9. The first kappa shape index (κ1) is 44.8. The van der Waals surface area contributed by atoms with Crippen LogP contribution < -0.4 is 0 Å². The molecule has 0 radical (unpaired) electrons. The number of rotatable bonds is 12. The molecule has 76 heavy (non-hydrogen) atoms. The van der Waals surface area contributed by atoms with Crippen LogP contribution >= 0.6 is 0 Å². The molecule has 9 aromatic carbocycles. The van der Waals surface area contributed by atoms with E-state index in [1.165, 1.54) is 43.2 Å². The van der Waals surface area contributed by atoms with Gasteiger partial charge in [0.05, 0.1) is 28.0 Å². The van der Waals surface area contributed by atoms with Gasteiger partial charge >= 0.3 is 0 Å². The number of fused-ring (bicyclic) bond motifs is 1. The Morgan fingerprint density at radius 3 is 1.70 bits per heavy atom. The Hall–Kier alpha value is -8.60. The summed E-state index contributed by atoms with van der Waals surface area (Å²) in [5, 5.41) is 12.9. The third kappa shape index (κ3) is 9.45. The summed E-state index contributed by atoms with van der Waals surface area (Å²) in [4.78, 5) is 10.8.